The monoisotopic (exact) mass is 240 g/mol. The van der Waals surface area contributed by atoms with Gasteiger partial charge >= 0.3 is 5.69 Å². The molecule has 0 saturated heterocycles. The van der Waals surface area contributed by atoms with Crippen molar-refractivity contribution in [2.45, 2.75) is 31.1 Å². The number of nitro groups is 1. The molecular formula is C11H16N2O2S. The van der Waals surface area contributed by atoms with Gasteiger partial charge in [0.05, 0.1) is 9.82 Å². The SMILES string of the molecule is CCCCCSc1cccc(N)c1[N+](=O)[O-]. The van der Waals surface area contributed by atoms with Crippen LogP contribution in [0.2, 0.25) is 0 Å². The molecule has 0 unspecified atom stereocenters. The van der Waals surface area contributed by atoms with E-state index in [4.69, 9.17) is 5.73 Å². The van der Waals surface area contributed by atoms with Crippen molar-refractivity contribution in [3.05, 3.63) is 28.3 Å². The molecule has 88 valence electrons. The number of rotatable bonds is 6. The van der Waals surface area contributed by atoms with Crippen LogP contribution in [-0.4, -0.2) is 10.7 Å². The van der Waals surface area contributed by atoms with Crippen molar-refractivity contribution >= 4 is 23.1 Å². The topological polar surface area (TPSA) is 69.2 Å². The van der Waals surface area contributed by atoms with Crippen molar-refractivity contribution in [2.75, 3.05) is 11.5 Å². The largest absolute Gasteiger partial charge is 0.393 e. The average Bonchev–Trinajstić information content (AvgIpc) is 2.24. The highest BCUT2D eigenvalue weighted by atomic mass is 32.2. The number of nitrogens with zero attached hydrogens (tertiary/aromatic N) is 1. The Labute approximate surface area is 99.4 Å². The number of thioether (sulfide) groups is 1. The molecule has 0 amide bonds. The van der Waals surface area contributed by atoms with Crippen LogP contribution in [0.5, 0.6) is 0 Å². The maximum Gasteiger partial charge on any atom is 0.305 e. The molecule has 0 aromatic heterocycles. The molecule has 16 heavy (non-hydrogen) atoms. The van der Waals surface area contributed by atoms with Crippen LogP contribution in [0.15, 0.2) is 23.1 Å². The Bertz CT molecular complexity index is 369. The summed E-state index contributed by atoms with van der Waals surface area (Å²) in [6, 6.07) is 5.07. The van der Waals surface area contributed by atoms with E-state index >= 15 is 0 Å². The molecule has 1 rings (SSSR count). The quantitative estimate of drug-likeness (QED) is 0.272. The van der Waals surface area contributed by atoms with Gasteiger partial charge in [0.1, 0.15) is 5.69 Å². The Morgan fingerprint density at radius 1 is 1.44 bits per heavy atom. The molecule has 4 nitrogen and oxygen atoms in total. The van der Waals surface area contributed by atoms with Crippen LogP contribution in [0, 0.1) is 10.1 Å². The van der Waals surface area contributed by atoms with Gasteiger partial charge in [0.15, 0.2) is 0 Å². The first kappa shape index (κ1) is 12.8. The van der Waals surface area contributed by atoms with Gasteiger partial charge in [-0.3, -0.25) is 10.1 Å². The number of benzene rings is 1. The molecule has 0 aliphatic rings. The number of nitrogens with two attached hydrogens (primary N) is 1. The van der Waals surface area contributed by atoms with E-state index in [0.717, 1.165) is 25.0 Å². The Kier molecular flexibility index (Phi) is 5.11. The molecule has 0 bridgehead atoms. The number of nitro benzene ring substituents is 1. The molecular weight excluding hydrogens is 224 g/mol. The summed E-state index contributed by atoms with van der Waals surface area (Å²) in [6.45, 7) is 2.13. The van der Waals surface area contributed by atoms with Crippen LogP contribution in [0.4, 0.5) is 11.4 Å². The lowest BCUT2D eigenvalue weighted by Gasteiger charge is -2.04. The predicted molar refractivity (Wildman–Crippen MR) is 67.8 cm³/mol. The van der Waals surface area contributed by atoms with E-state index in [1.807, 2.05) is 0 Å². The average molecular weight is 240 g/mol. The summed E-state index contributed by atoms with van der Waals surface area (Å²) < 4.78 is 0. The second kappa shape index (κ2) is 6.37. The number of anilines is 1. The molecule has 0 spiro atoms. The third kappa shape index (κ3) is 3.41. The van der Waals surface area contributed by atoms with Crippen molar-refractivity contribution in [2.24, 2.45) is 0 Å². The van der Waals surface area contributed by atoms with Gasteiger partial charge in [-0.1, -0.05) is 25.8 Å². The fourth-order valence-electron chi connectivity index (χ4n) is 1.39. The minimum Gasteiger partial charge on any atom is -0.393 e. The highest BCUT2D eigenvalue weighted by Crippen LogP contribution is 2.34. The molecule has 2 N–H and O–H groups in total. The zero-order chi connectivity index (χ0) is 12.0. The fourth-order valence-corrected chi connectivity index (χ4v) is 2.46. The second-order valence-electron chi connectivity index (χ2n) is 3.51. The van der Waals surface area contributed by atoms with E-state index in [2.05, 4.69) is 6.92 Å². The zero-order valence-electron chi connectivity index (χ0n) is 9.31. The first-order valence-electron chi connectivity index (χ1n) is 5.32. The Morgan fingerprint density at radius 3 is 2.81 bits per heavy atom. The molecule has 0 atom stereocenters. The Balaban J connectivity index is 2.71. The third-order valence-corrected chi connectivity index (χ3v) is 3.35. The van der Waals surface area contributed by atoms with Gasteiger partial charge in [-0.15, -0.1) is 11.8 Å². The summed E-state index contributed by atoms with van der Waals surface area (Å²) >= 11 is 1.51. The van der Waals surface area contributed by atoms with E-state index < -0.39 is 4.92 Å². The van der Waals surface area contributed by atoms with Gasteiger partial charge in [-0.25, -0.2) is 0 Å². The molecule has 1 aromatic carbocycles. The summed E-state index contributed by atoms with van der Waals surface area (Å²) in [4.78, 5) is 11.1. The third-order valence-electron chi connectivity index (χ3n) is 2.22. The van der Waals surface area contributed by atoms with E-state index in [1.165, 1.54) is 11.8 Å². The Morgan fingerprint density at radius 2 is 2.19 bits per heavy atom. The van der Waals surface area contributed by atoms with Crippen LogP contribution in [-0.2, 0) is 0 Å². The van der Waals surface area contributed by atoms with Gasteiger partial charge in [-0.2, -0.15) is 0 Å². The van der Waals surface area contributed by atoms with Crippen LogP contribution in [0.3, 0.4) is 0 Å². The van der Waals surface area contributed by atoms with Gasteiger partial charge in [0, 0.05) is 0 Å². The second-order valence-corrected chi connectivity index (χ2v) is 4.64. The normalized spacial score (nSPS) is 10.3. The maximum absolute atomic E-state index is 10.8. The molecule has 1 aromatic rings. The summed E-state index contributed by atoms with van der Waals surface area (Å²) in [6.07, 6.45) is 3.38. The standard InChI is InChI=1S/C11H16N2O2S/c1-2-3-4-8-16-10-7-5-6-9(12)11(10)13(14)15/h5-7H,2-4,8,12H2,1H3. The highest BCUT2D eigenvalue weighted by molar-refractivity contribution is 7.99. The number of hydrogen-bond donors (Lipinski definition) is 1. The lowest BCUT2D eigenvalue weighted by molar-refractivity contribution is -0.386. The molecule has 0 saturated carbocycles. The summed E-state index contributed by atoms with van der Waals surface area (Å²) in [5, 5.41) is 10.8. The molecule has 0 heterocycles. The predicted octanol–water partition coefficient (Wildman–Crippen LogP) is 3.46. The molecule has 0 aliphatic heterocycles. The zero-order valence-corrected chi connectivity index (χ0v) is 10.1. The van der Waals surface area contributed by atoms with Crippen LogP contribution < -0.4 is 5.73 Å². The van der Waals surface area contributed by atoms with E-state index in [1.54, 1.807) is 18.2 Å². The minimum atomic E-state index is -0.405. The fraction of sp³-hybridized carbons (Fsp3) is 0.455. The van der Waals surface area contributed by atoms with E-state index in [0.29, 0.717) is 4.90 Å². The van der Waals surface area contributed by atoms with Crippen molar-refractivity contribution in [1.82, 2.24) is 0 Å². The van der Waals surface area contributed by atoms with Crippen LogP contribution >= 0.6 is 11.8 Å². The van der Waals surface area contributed by atoms with E-state index in [-0.39, 0.29) is 11.4 Å². The summed E-state index contributed by atoms with van der Waals surface area (Å²) in [5.41, 5.74) is 5.88. The van der Waals surface area contributed by atoms with Crippen molar-refractivity contribution in [3.8, 4) is 0 Å². The van der Waals surface area contributed by atoms with Gasteiger partial charge in [-0.05, 0) is 24.3 Å². The minimum absolute atomic E-state index is 0.0454. The molecule has 0 fully saturated rings. The lowest BCUT2D eigenvalue weighted by atomic mass is 10.3. The van der Waals surface area contributed by atoms with E-state index in [9.17, 15) is 10.1 Å². The van der Waals surface area contributed by atoms with Gasteiger partial charge in [0.25, 0.3) is 0 Å². The Hall–Kier alpha value is -1.23. The van der Waals surface area contributed by atoms with Crippen molar-refractivity contribution < 1.29 is 4.92 Å². The lowest BCUT2D eigenvalue weighted by Crippen LogP contribution is -1.97. The van der Waals surface area contributed by atoms with Gasteiger partial charge in [0.2, 0.25) is 0 Å². The van der Waals surface area contributed by atoms with Crippen molar-refractivity contribution in [3.63, 3.8) is 0 Å². The highest BCUT2D eigenvalue weighted by Gasteiger charge is 2.17. The number of unbranched alkanes of at least 4 members (excludes halogenated alkanes) is 2. The number of para-hydroxylation sites is 1. The number of nitrogen functional groups attached to an aromatic ring is 1. The smallest absolute Gasteiger partial charge is 0.305 e. The molecule has 0 aliphatic carbocycles. The first-order chi connectivity index (χ1) is 7.66. The van der Waals surface area contributed by atoms with Crippen molar-refractivity contribution in [1.29, 1.82) is 0 Å². The molecule has 0 radical (unpaired) electrons. The maximum atomic E-state index is 10.8. The van der Waals surface area contributed by atoms with Crippen LogP contribution in [0.1, 0.15) is 26.2 Å². The summed E-state index contributed by atoms with van der Waals surface area (Å²) in [7, 11) is 0. The summed E-state index contributed by atoms with van der Waals surface area (Å²) in [5.74, 6) is 0.901. The first-order valence-corrected chi connectivity index (χ1v) is 6.31. The molecule has 5 heteroatoms. The van der Waals surface area contributed by atoms with Crippen LogP contribution in [0.25, 0.3) is 0 Å². The van der Waals surface area contributed by atoms with Gasteiger partial charge < -0.3 is 5.73 Å². The number of hydrogen-bond acceptors (Lipinski definition) is 4.